The molecule has 2 rings (SSSR count). The highest BCUT2D eigenvalue weighted by Crippen LogP contribution is 2.14. The third-order valence-electron chi connectivity index (χ3n) is 3.23. The SMILES string of the molecule is CCCCNc1ccnc(C(=O)N2CCCC2)c1. The molecule has 4 nitrogen and oxygen atoms in total. The lowest BCUT2D eigenvalue weighted by Gasteiger charge is -2.15. The highest BCUT2D eigenvalue weighted by atomic mass is 16.2. The summed E-state index contributed by atoms with van der Waals surface area (Å²) < 4.78 is 0. The van der Waals surface area contributed by atoms with Crippen LogP contribution in [-0.4, -0.2) is 35.4 Å². The highest BCUT2D eigenvalue weighted by molar-refractivity contribution is 5.93. The van der Waals surface area contributed by atoms with E-state index in [1.165, 1.54) is 0 Å². The Hall–Kier alpha value is -1.58. The Morgan fingerprint density at radius 2 is 2.22 bits per heavy atom. The largest absolute Gasteiger partial charge is 0.385 e. The molecular formula is C14H21N3O. The van der Waals surface area contributed by atoms with Crippen LogP contribution in [0, 0.1) is 0 Å². The average molecular weight is 247 g/mol. The van der Waals surface area contributed by atoms with Crippen LogP contribution in [0.3, 0.4) is 0 Å². The summed E-state index contributed by atoms with van der Waals surface area (Å²) in [7, 11) is 0. The Bertz CT molecular complexity index is 400. The van der Waals surface area contributed by atoms with Gasteiger partial charge in [0.1, 0.15) is 5.69 Å². The number of hydrogen-bond donors (Lipinski definition) is 1. The summed E-state index contributed by atoms with van der Waals surface area (Å²) in [6.45, 7) is 4.84. The molecule has 0 radical (unpaired) electrons. The molecule has 0 bridgehead atoms. The summed E-state index contributed by atoms with van der Waals surface area (Å²) in [6, 6.07) is 3.77. The molecule has 4 heteroatoms. The smallest absolute Gasteiger partial charge is 0.272 e. The van der Waals surface area contributed by atoms with Crippen molar-refractivity contribution in [1.29, 1.82) is 0 Å². The summed E-state index contributed by atoms with van der Waals surface area (Å²) in [6.07, 6.45) is 6.23. The molecule has 1 saturated heterocycles. The summed E-state index contributed by atoms with van der Waals surface area (Å²) in [4.78, 5) is 18.2. The zero-order valence-corrected chi connectivity index (χ0v) is 11.0. The zero-order chi connectivity index (χ0) is 12.8. The maximum absolute atomic E-state index is 12.2. The van der Waals surface area contributed by atoms with Crippen molar-refractivity contribution in [3.8, 4) is 0 Å². The topological polar surface area (TPSA) is 45.2 Å². The van der Waals surface area contributed by atoms with Gasteiger partial charge in [-0.3, -0.25) is 9.78 Å². The van der Waals surface area contributed by atoms with Gasteiger partial charge in [-0.05, 0) is 31.4 Å². The second kappa shape index (κ2) is 6.38. The molecule has 0 saturated carbocycles. The van der Waals surface area contributed by atoms with Gasteiger partial charge in [-0.2, -0.15) is 0 Å². The van der Waals surface area contributed by atoms with Crippen molar-refractivity contribution in [2.75, 3.05) is 25.0 Å². The third-order valence-corrected chi connectivity index (χ3v) is 3.23. The van der Waals surface area contributed by atoms with E-state index in [1.807, 2.05) is 17.0 Å². The van der Waals surface area contributed by atoms with Gasteiger partial charge in [-0.1, -0.05) is 13.3 Å². The number of hydrogen-bond acceptors (Lipinski definition) is 3. The fourth-order valence-corrected chi connectivity index (χ4v) is 2.15. The Kier molecular flexibility index (Phi) is 4.56. The van der Waals surface area contributed by atoms with Crippen molar-refractivity contribution in [3.05, 3.63) is 24.0 Å². The van der Waals surface area contributed by atoms with Crippen LogP contribution in [0.25, 0.3) is 0 Å². The second-order valence-electron chi connectivity index (χ2n) is 4.71. The van der Waals surface area contributed by atoms with Crippen LogP contribution in [-0.2, 0) is 0 Å². The fraction of sp³-hybridized carbons (Fsp3) is 0.571. The van der Waals surface area contributed by atoms with Crippen molar-refractivity contribution in [2.45, 2.75) is 32.6 Å². The number of nitrogens with zero attached hydrogens (tertiary/aromatic N) is 2. The number of rotatable bonds is 5. The molecule has 1 amide bonds. The molecule has 1 aromatic heterocycles. The first-order valence-electron chi connectivity index (χ1n) is 6.80. The quantitative estimate of drug-likeness (QED) is 0.813. The molecule has 2 heterocycles. The average Bonchev–Trinajstić information content (AvgIpc) is 2.92. The van der Waals surface area contributed by atoms with Crippen molar-refractivity contribution < 1.29 is 4.79 Å². The van der Waals surface area contributed by atoms with Gasteiger partial charge in [0.15, 0.2) is 0 Å². The molecule has 1 fully saturated rings. The highest BCUT2D eigenvalue weighted by Gasteiger charge is 2.20. The van der Waals surface area contributed by atoms with E-state index in [-0.39, 0.29) is 5.91 Å². The van der Waals surface area contributed by atoms with Gasteiger partial charge in [-0.25, -0.2) is 0 Å². The third kappa shape index (κ3) is 3.22. The number of carbonyl (C=O) groups excluding carboxylic acids is 1. The minimum Gasteiger partial charge on any atom is -0.385 e. The summed E-state index contributed by atoms with van der Waals surface area (Å²) in [5.74, 6) is 0.0617. The lowest BCUT2D eigenvalue weighted by atomic mass is 10.2. The van der Waals surface area contributed by atoms with E-state index in [2.05, 4.69) is 17.2 Å². The van der Waals surface area contributed by atoms with Crippen molar-refractivity contribution in [3.63, 3.8) is 0 Å². The number of likely N-dealkylation sites (tertiary alicyclic amines) is 1. The number of pyridine rings is 1. The van der Waals surface area contributed by atoms with Crippen LogP contribution < -0.4 is 5.32 Å². The summed E-state index contributed by atoms with van der Waals surface area (Å²) >= 11 is 0. The van der Waals surface area contributed by atoms with Gasteiger partial charge in [0.25, 0.3) is 5.91 Å². The van der Waals surface area contributed by atoms with Crippen molar-refractivity contribution >= 4 is 11.6 Å². The normalized spacial score (nSPS) is 14.8. The number of anilines is 1. The molecule has 1 aromatic rings. The fourth-order valence-electron chi connectivity index (χ4n) is 2.15. The van der Waals surface area contributed by atoms with E-state index < -0.39 is 0 Å². The minimum absolute atomic E-state index is 0.0617. The predicted molar refractivity (Wildman–Crippen MR) is 72.8 cm³/mol. The second-order valence-corrected chi connectivity index (χ2v) is 4.71. The van der Waals surface area contributed by atoms with Crippen LogP contribution >= 0.6 is 0 Å². The van der Waals surface area contributed by atoms with Crippen LogP contribution in [0.2, 0.25) is 0 Å². The van der Waals surface area contributed by atoms with Gasteiger partial charge in [0.05, 0.1) is 0 Å². The van der Waals surface area contributed by atoms with E-state index in [1.54, 1.807) is 6.20 Å². The Morgan fingerprint density at radius 1 is 1.44 bits per heavy atom. The molecule has 1 aliphatic heterocycles. The van der Waals surface area contributed by atoms with Crippen LogP contribution in [0.4, 0.5) is 5.69 Å². The lowest BCUT2D eigenvalue weighted by Crippen LogP contribution is -2.28. The maximum atomic E-state index is 12.2. The van der Waals surface area contributed by atoms with Crippen LogP contribution in [0.5, 0.6) is 0 Å². The van der Waals surface area contributed by atoms with E-state index in [0.29, 0.717) is 5.69 Å². The Balaban J connectivity index is 1.99. The first-order chi connectivity index (χ1) is 8.81. The zero-order valence-electron chi connectivity index (χ0n) is 11.0. The number of amides is 1. The molecule has 98 valence electrons. The van der Waals surface area contributed by atoms with Crippen LogP contribution in [0.15, 0.2) is 18.3 Å². The summed E-state index contributed by atoms with van der Waals surface area (Å²) in [5.41, 5.74) is 1.54. The van der Waals surface area contributed by atoms with Crippen molar-refractivity contribution in [2.24, 2.45) is 0 Å². The van der Waals surface area contributed by atoms with Gasteiger partial charge < -0.3 is 10.2 Å². The Labute approximate surface area is 108 Å². The number of carbonyl (C=O) groups is 1. The monoisotopic (exact) mass is 247 g/mol. The van der Waals surface area contributed by atoms with E-state index in [0.717, 1.165) is 51.0 Å². The van der Waals surface area contributed by atoms with Gasteiger partial charge in [0.2, 0.25) is 0 Å². The lowest BCUT2D eigenvalue weighted by molar-refractivity contribution is 0.0787. The van der Waals surface area contributed by atoms with Crippen molar-refractivity contribution in [1.82, 2.24) is 9.88 Å². The molecule has 0 unspecified atom stereocenters. The molecule has 0 atom stereocenters. The molecule has 1 N–H and O–H groups in total. The molecule has 0 aromatic carbocycles. The standard InChI is InChI=1S/C14H21N3O/c1-2-3-7-15-12-6-8-16-13(11-12)14(18)17-9-4-5-10-17/h6,8,11H,2-5,7,9-10H2,1H3,(H,15,16). The van der Waals surface area contributed by atoms with Crippen LogP contribution in [0.1, 0.15) is 43.1 Å². The first kappa shape index (κ1) is 12.9. The number of unbranched alkanes of at least 4 members (excludes halogenated alkanes) is 1. The molecule has 18 heavy (non-hydrogen) atoms. The number of nitrogens with one attached hydrogen (secondary N) is 1. The minimum atomic E-state index is 0.0617. The first-order valence-corrected chi connectivity index (χ1v) is 6.80. The van der Waals surface area contributed by atoms with E-state index in [9.17, 15) is 4.79 Å². The predicted octanol–water partition coefficient (Wildman–Crippen LogP) is 2.53. The molecule has 1 aliphatic rings. The Morgan fingerprint density at radius 3 is 2.94 bits per heavy atom. The van der Waals surface area contributed by atoms with E-state index >= 15 is 0 Å². The molecular weight excluding hydrogens is 226 g/mol. The van der Waals surface area contributed by atoms with Gasteiger partial charge >= 0.3 is 0 Å². The number of aromatic nitrogens is 1. The summed E-state index contributed by atoms with van der Waals surface area (Å²) in [5, 5.41) is 3.32. The van der Waals surface area contributed by atoms with Gasteiger partial charge in [0, 0.05) is 31.5 Å². The molecule has 0 spiro atoms. The van der Waals surface area contributed by atoms with E-state index in [4.69, 9.17) is 0 Å². The molecule has 0 aliphatic carbocycles. The maximum Gasteiger partial charge on any atom is 0.272 e. The van der Waals surface area contributed by atoms with Gasteiger partial charge in [-0.15, -0.1) is 0 Å².